The Morgan fingerprint density at radius 3 is 2.72 bits per heavy atom. The fourth-order valence-electron chi connectivity index (χ4n) is 2.34. The summed E-state index contributed by atoms with van der Waals surface area (Å²) >= 11 is 1.87. The molecule has 1 aliphatic heterocycles. The molecule has 1 atom stereocenters. The van der Waals surface area contributed by atoms with Crippen LogP contribution in [0.25, 0.3) is 10.8 Å². The highest BCUT2D eigenvalue weighted by Gasteiger charge is 2.16. The zero-order valence-corrected chi connectivity index (χ0v) is 11.0. The van der Waals surface area contributed by atoms with Crippen LogP contribution < -0.4 is 0 Å². The van der Waals surface area contributed by atoms with Crippen LogP contribution >= 0.6 is 11.8 Å². The van der Waals surface area contributed by atoms with Crippen molar-refractivity contribution in [1.29, 1.82) is 0 Å². The predicted octanol–water partition coefficient (Wildman–Crippen LogP) is 3.82. The largest absolute Gasteiger partial charge is 0.507 e. The zero-order chi connectivity index (χ0) is 12.4. The first-order chi connectivity index (χ1) is 8.84. The monoisotopic (exact) mass is 260 g/mol. The molecule has 0 amide bonds. The second-order valence-corrected chi connectivity index (χ2v) is 5.93. The van der Waals surface area contributed by atoms with E-state index >= 15 is 0 Å². The summed E-state index contributed by atoms with van der Waals surface area (Å²) in [6.07, 6.45) is 2.35. The summed E-state index contributed by atoms with van der Waals surface area (Å²) in [6.45, 7) is 1.73. The van der Waals surface area contributed by atoms with Crippen LogP contribution in [0.1, 0.15) is 12.8 Å². The average Bonchev–Trinajstić information content (AvgIpc) is 2.44. The van der Waals surface area contributed by atoms with Crippen LogP contribution in [0.2, 0.25) is 0 Å². The number of hydrogen-bond acceptors (Lipinski definition) is 3. The SMILES string of the molecule is Oc1ccc(SC2CCCOC2)c2ccccc12. The highest BCUT2D eigenvalue weighted by molar-refractivity contribution is 8.00. The van der Waals surface area contributed by atoms with E-state index in [1.54, 1.807) is 6.07 Å². The molecule has 1 N–H and O–H groups in total. The maximum Gasteiger partial charge on any atom is 0.123 e. The van der Waals surface area contributed by atoms with E-state index in [0.29, 0.717) is 11.0 Å². The number of rotatable bonds is 2. The van der Waals surface area contributed by atoms with E-state index in [-0.39, 0.29) is 0 Å². The number of aromatic hydroxyl groups is 1. The van der Waals surface area contributed by atoms with E-state index in [1.807, 2.05) is 36.0 Å². The molecular weight excluding hydrogens is 244 g/mol. The smallest absolute Gasteiger partial charge is 0.123 e. The lowest BCUT2D eigenvalue weighted by Gasteiger charge is -2.22. The molecule has 0 saturated carbocycles. The Morgan fingerprint density at radius 1 is 1.11 bits per heavy atom. The van der Waals surface area contributed by atoms with Gasteiger partial charge < -0.3 is 9.84 Å². The second kappa shape index (κ2) is 5.21. The van der Waals surface area contributed by atoms with Crippen molar-refractivity contribution in [3.8, 4) is 5.75 Å². The summed E-state index contributed by atoms with van der Waals surface area (Å²) in [5, 5.41) is 12.5. The standard InChI is InChI=1S/C15H16O2S/c16-14-7-8-15(13-6-2-1-5-12(13)14)18-11-4-3-9-17-10-11/h1-2,5-8,11,16H,3-4,9-10H2. The quantitative estimate of drug-likeness (QED) is 0.890. The molecule has 1 fully saturated rings. The number of thioether (sulfide) groups is 1. The van der Waals surface area contributed by atoms with Crippen molar-refractivity contribution in [3.05, 3.63) is 36.4 Å². The van der Waals surface area contributed by atoms with E-state index in [2.05, 4.69) is 6.07 Å². The topological polar surface area (TPSA) is 29.5 Å². The summed E-state index contributed by atoms with van der Waals surface area (Å²) in [4.78, 5) is 1.24. The van der Waals surface area contributed by atoms with Gasteiger partial charge >= 0.3 is 0 Å². The first kappa shape index (κ1) is 11.9. The van der Waals surface area contributed by atoms with Gasteiger partial charge in [-0.2, -0.15) is 0 Å². The summed E-state index contributed by atoms with van der Waals surface area (Å²) in [5.41, 5.74) is 0. The number of benzene rings is 2. The summed E-state index contributed by atoms with van der Waals surface area (Å²) in [7, 11) is 0. The van der Waals surface area contributed by atoms with Crippen molar-refractivity contribution in [1.82, 2.24) is 0 Å². The van der Waals surface area contributed by atoms with Gasteiger partial charge in [-0.1, -0.05) is 24.3 Å². The molecule has 18 heavy (non-hydrogen) atoms. The third kappa shape index (κ3) is 2.33. The fourth-order valence-corrected chi connectivity index (χ4v) is 3.60. The lowest BCUT2D eigenvalue weighted by molar-refractivity contribution is 0.101. The molecule has 1 saturated heterocycles. The van der Waals surface area contributed by atoms with Gasteiger partial charge in [0, 0.05) is 22.1 Å². The molecule has 0 aromatic heterocycles. The van der Waals surface area contributed by atoms with Crippen molar-refractivity contribution in [2.45, 2.75) is 23.0 Å². The average molecular weight is 260 g/mol. The second-order valence-electron chi connectivity index (χ2n) is 4.59. The minimum absolute atomic E-state index is 0.356. The van der Waals surface area contributed by atoms with E-state index in [4.69, 9.17) is 4.74 Å². The highest BCUT2D eigenvalue weighted by Crippen LogP contribution is 2.36. The first-order valence-corrected chi connectivity index (χ1v) is 7.17. The normalized spacial score (nSPS) is 20.1. The molecule has 1 heterocycles. The van der Waals surface area contributed by atoms with Gasteiger partial charge in [0.2, 0.25) is 0 Å². The Labute approximate surface area is 111 Å². The number of hydrogen-bond donors (Lipinski definition) is 1. The third-order valence-electron chi connectivity index (χ3n) is 3.27. The van der Waals surface area contributed by atoms with Crippen LogP contribution in [0, 0.1) is 0 Å². The number of fused-ring (bicyclic) bond motifs is 1. The molecule has 1 unspecified atom stereocenters. The van der Waals surface area contributed by atoms with Crippen LogP contribution in [-0.4, -0.2) is 23.6 Å². The van der Waals surface area contributed by atoms with Crippen LogP contribution in [0.4, 0.5) is 0 Å². The summed E-state index contributed by atoms with van der Waals surface area (Å²) in [6, 6.07) is 11.8. The number of phenols is 1. The summed E-state index contributed by atoms with van der Waals surface area (Å²) < 4.78 is 5.52. The minimum Gasteiger partial charge on any atom is -0.507 e. The van der Waals surface area contributed by atoms with Crippen LogP contribution in [0.3, 0.4) is 0 Å². The minimum atomic E-state index is 0.356. The summed E-state index contributed by atoms with van der Waals surface area (Å²) in [5.74, 6) is 0.356. The van der Waals surface area contributed by atoms with Gasteiger partial charge in [0.1, 0.15) is 5.75 Å². The van der Waals surface area contributed by atoms with Gasteiger partial charge in [0.25, 0.3) is 0 Å². The van der Waals surface area contributed by atoms with E-state index in [0.717, 1.165) is 30.4 Å². The molecule has 0 spiro atoms. The highest BCUT2D eigenvalue weighted by atomic mass is 32.2. The Hall–Kier alpha value is -1.19. The van der Waals surface area contributed by atoms with Crippen LogP contribution in [-0.2, 0) is 4.74 Å². The Kier molecular flexibility index (Phi) is 3.43. The van der Waals surface area contributed by atoms with Crippen molar-refractivity contribution in [2.24, 2.45) is 0 Å². The Morgan fingerprint density at radius 2 is 1.94 bits per heavy atom. The molecule has 3 rings (SSSR count). The maximum atomic E-state index is 9.87. The van der Waals surface area contributed by atoms with Gasteiger partial charge in [-0.05, 0) is 30.4 Å². The van der Waals surface area contributed by atoms with Crippen LogP contribution in [0.15, 0.2) is 41.3 Å². The van der Waals surface area contributed by atoms with Crippen molar-refractivity contribution >= 4 is 22.5 Å². The molecule has 0 aliphatic carbocycles. The lowest BCUT2D eigenvalue weighted by Crippen LogP contribution is -2.19. The van der Waals surface area contributed by atoms with Gasteiger partial charge in [-0.25, -0.2) is 0 Å². The lowest BCUT2D eigenvalue weighted by atomic mass is 10.1. The van der Waals surface area contributed by atoms with Crippen LogP contribution in [0.5, 0.6) is 5.75 Å². The molecule has 2 nitrogen and oxygen atoms in total. The molecule has 0 bridgehead atoms. The molecule has 94 valence electrons. The van der Waals surface area contributed by atoms with E-state index < -0.39 is 0 Å². The molecule has 2 aromatic carbocycles. The van der Waals surface area contributed by atoms with Gasteiger partial charge in [0.05, 0.1) is 6.61 Å². The van der Waals surface area contributed by atoms with Gasteiger partial charge in [-0.3, -0.25) is 0 Å². The Bertz CT molecular complexity index is 547. The molecule has 1 aliphatic rings. The number of phenolic OH excluding ortho intramolecular Hbond substituents is 1. The first-order valence-electron chi connectivity index (χ1n) is 6.30. The Balaban J connectivity index is 1.94. The van der Waals surface area contributed by atoms with Crippen molar-refractivity contribution in [2.75, 3.05) is 13.2 Å². The zero-order valence-electron chi connectivity index (χ0n) is 10.1. The molecule has 2 aromatic rings. The van der Waals surface area contributed by atoms with Crippen molar-refractivity contribution in [3.63, 3.8) is 0 Å². The van der Waals surface area contributed by atoms with Gasteiger partial charge in [-0.15, -0.1) is 11.8 Å². The van der Waals surface area contributed by atoms with Crippen molar-refractivity contribution < 1.29 is 9.84 Å². The predicted molar refractivity (Wildman–Crippen MR) is 75.3 cm³/mol. The third-order valence-corrected chi connectivity index (χ3v) is 4.59. The maximum absolute atomic E-state index is 9.87. The van der Waals surface area contributed by atoms with Gasteiger partial charge in [0.15, 0.2) is 0 Å². The number of ether oxygens (including phenoxy) is 1. The molecule has 3 heteroatoms. The fraction of sp³-hybridized carbons (Fsp3) is 0.333. The van der Waals surface area contributed by atoms with E-state index in [1.165, 1.54) is 11.3 Å². The molecular formula is C15H16O2S. The molecule has 0 radical (unpaired) electrons. The van der Waals surface area contributed by atoms with E-state index in [9.17, 15) is 5.11 Å².